The highest BCUT2D eigenvalue weighted by Gasteiger charge is 2.22. The lowest BCUT2D eigenvalue weighted by molar-refractivity contribution is -0.132. The van der Waals surface area contributed by atoms with Gasteiger partial charge in [0.15, 0.2) is 0 Å². The van der Waals surface area contributed by atoms with E-state index in [0.717, 1.165) is 35.3 Å². The smallest absolute Gasteiger partial charge is 0.224 e. The first-order valence-corrected chi connectivity index (χ1v) is 8.12. The lowest BCUT2D eigenvalue weighted by Crippen LogP contribution is -2.36. The lowest BCUT2D eigenvalue weighted by atomic mass is 10.1. The molecule has 118 valence electrons. The quantitative estimate of drug-likeness (QED) is 0.803. The van der Waals surface area contributed by atoms with Crippen LogP contribution in [0.5, 0.6) is 0 Å². The Balaban J connectivity index is 1.44. The molecule has 0 fully saturated rings. The number of amides is 1. The van der Waals surface area contributed by atoms with Gasteiger partial charge in [0.25, 0.3) is 0 Å². The monoisotopic (exact) mass is 328 g/mol. The summed E-state index contributed by atoms with van der Waals surface area (Å²) in [4.78, 5) is 21.8. The van der Waals surface area contributed by atoms with E-state index in [2.05, 4.69) is 14.5 Å². The number of carbonyl (C=O) groups excluding carboxylic acids is 1. The fourth-order valence-electron chi connectivity index (χ4n) is 3.15. The third-order valence-corrected chi connectivity index (χ3v) is 4.67. The van der Waals surface area contributed by atoms with Crippen LogP contribution in [0, 0.1) is 0 Å². The van der Waals surface area contributed by atoms with Crippen LogP contribution in [0.3, 0.4) is 0 Å². The van der Waals surface area contributed by atoms with Crippen molar-refractivity contribution in [2.75, 3.05) is 6.54 Å². The van der Waals surface area contributed by atoms with Crippen molar-refractivity contribution in [3.63, 3.8) is 0 Å². The van der Waals surface area contributed by atoms with Crippen molar-refractivity contribution in [2.24, 2.45) is 0 Å². The van der Waals surface area contributed by atoms with E-state index in [1.54, 1.807) is 6.33 Å². The Morgan fingerprint density at radius 3 is 3.17 bits per heavy atom. The van der Waals surface area contributed by atoms with Crippen molar-refractivity contribution < 1.29 is 4.79 Å². The van der Waals surface area contributed by atoms with Crippen LogP contribution in [0.15, 0.2) is 36.8 Å². The predicted molar refractivity (Wildman–Crippen MR) is 89.3 cm³/mol. The third-order valence-electron chi connectivity index (χ3n) is 4.43. The second-order valence-corrected chi connectivity index (χ2v) is 6.29. The number of nitrogens with one attached hydrogen (secondary N) is 1. The molecule has 0 saturated carbocycles. The fraction of sp³-hybridized carbons (Fsp3) is 0.294. The molecule has 1 aliphatic rings. The maximum absolute atomic E-state index is 12.5. The highest BCUT2D eigenvalue weighted by Crippen LogP contribution is 2.21. The minimum atomic E-state index is 0.175. The van der Waals surface area contributed by atoms with Crippen LogP contribution >= 0.6 is 11.6 Å². The summed E-state index contributed by atoms with van der Waals surface area (Å²) in [5.74, 6) is 0.175. The average molecular weight is 329 g/mol. The number of benzene rings is 1. The van der Waals surface area contributed by atoms with Crippen LogP contribution in [0.2, 0.25) is 5.02 Å². The summed E-state index contributed by atoms with van der Waals surface area (Å²) in [5.41, 5.74) is 3.21. The lowest BCUT2D eigenvalue weighted by Gasteiger charge is -2.26. The predicted octanol–water partition coefficient (Wildman–Crippen LogP) is 2.99. The number of halogens is 1. The van der Waals surface area contributed by atoms with E-state index >= 15 is 0 Å². The Bertz CT molecular complexity index is 866. The van der Waals surface area contributed by atoms with E-state index in [1.807, 2.05) is 35.4 Å². The summed E-state index contributed by atoms with van der Waals surface area (Å²) in [6, 6.07) is 7.88. The third kappa shape index (κ3) is 2.72. The number of imidazole rings is 1. The molecule has 1 aromatic carbocycles. The van der Waals surface area contributed by atoms with Crippen LogP contribution < -0.4 is 0 Å². The highest BCUT2D eigenvalue weighted by atomic mass is 35.5. The van der Waals surface area contributed by atoms with Gasteiger partial charge in [0.1, 0.15) is 0 Å². The van der Waals surface area contributed by atoms with Gasteiger partial charge in [-0.3, -0.25) is 4.79 Å². The molecule has 0 atom stereocenters. The first-order chi connectivity index (χ1) is 11.2. The van der Waals surface area contributed by atoms with Gasteiger partial charge in [-0.25, -0.2) is 4.98 Å². The van der Waals surface area contributed by atoms with Crippen molar-refractivity contribution in [3.05, 3.63) is 53.2 Å². The summed E-state index contributed by atoms with van der Waals surface area (Å²) in [5, 5.41) is 1.86. The SMILES string of the molecule is O=C(CCn1ccc2ccc(Cl)cc21)N1CCc2nc[nH]c2C1. The van der Waals surface area contributed by atoms with E-state index in [4.69, 9.17) is 11.6 Å². The van der Waals surface area contributed by atoms with E-state index in [1.165, 1.54) is 0 Å². The standard InChI is InChI=1S/C17H17ClN4O/c18-13-2-1-12-3-6-21(16(12)9-13)8-5-17(23)22-7-4-14-15(10-22)20-11-19-14/h1-3,6,9,11H,4-5,7-8,10H2,(H,19,20). The Labute approximate surface area is 138 Å². The normalized spacial score (nSPS) is 14.2. The summed E-state index contributed by atoms with van der Waals surface area (Å²) in [7, 11) is 0. The van der Waals surface area contributed by atoms with Gasteiger partial charge in [-0.15, -0.1) is 0 Å². The average Bonchev–Trinajstić information content (AvgIpc) is 3.18. The molecule has 0 bridgehead atoms. The number of aromatic nitrogens is 3. The zero-order valence-corrected chi connectivity index (χ0v) is 13.4. The summed E-state index contributed by atoms with van der Waals surface area (Å²) >= 11 is 6.07. The molecular weight excluding hydrogens is 312 g/mol. The van der Waals surface area contributed by atoms with Gasteiger partial charge in [0, 0.05) is 42.7 Å². The number of H-pyrrole nitrogens is 1. The Hall–Kier alpha value is -2.27. The molecule has 0 aliphatic carbocycles. The van der Waals surface area contributed by atoms with Crippen molar-refractivity contribution >= 4 is 28.4 Å². The first-order valence-electron chi connectivity index (χ1n) is 7.74. The van der Waals surface area contributed by atoms with E-state index < -0.39 is 0 Å². The Morgan fingerprint density at radius 1 is 1.35 bits per heavy atom. The Morgan fingerprint density at radius 2 is 2.26 bits per heavy atom. The van der Waals surface area contributed by atoms with Crippen LogP contribution in [0.4, 0.5) is 0 Å². The van der Waals surface area contributed by atoms with Crippen LogP contribution in [0.25, 0.3) is 10.9 Å². The summed E-state index contributed by atoms with van der Waals surface area (Å²) < 4.78 is 2.09. The van der Waals surface area contributed by atoms with Crippen LogP contribution in [-0.2, 0) is 24.3 Å². The molecule has 1 amide bonds. The van der Waals surface area contributed by atoms with Gasteiger partial charge in [0.2, 0.25) is 5.91 Å². The molecule has 0 spiro atoms. The number of aryl methyl sites for hydroxylation is 1. The van der Waals surface area contributed by atoms with E-state index in [0.29, 0.717) is 24.5 Å². The van der Waals surface area contributed by atoms with E-state index in [9.17, 15) is 4.79 Å². The molecule has 3 aromatic rings. The first kappa shape index (κ1) is 14.3. The van der Waals surface area contributed by atoms with Gasteiger partial charge < -0.3 is 14.5 Å². The van der Waals surface area contributed by atoms with Crippen molar-refractivity contribution in [1.82, 2.24) is 19.4 Å². The summed E-state index contributed by atoms with van der Waals surface area (Å²) in [6.07, 6.45) is 5.03. The van der Waals surface area contributed by atoms with Crippen molar-refractivity contribution in [2.45, 2.75) is 25.9 Å². The number of rotatable bonds is 3. The zero-order valence-electron chi connectivity index (χ0n) is 12.6. The number of hydrogen-bond acceptors (Lipinski definition) is 2. The maximum Gasteiger partial charge on any atom is 0.224 e. The molecule has 1 N–H and O–H groups in total. The molecule has 0 saturated heterocycles. The van der Waals surface area contributed by atoms with Crippen molar-refractivity contribution in [1.29, 1.82) is 0 Å². The number of hydrogen-bond donors (Lipinski definition) is 1. The van der Waals surface area contributed by atoms with Crippen molar-refractivity contribution in [3.8, 4) is 0 Å². The molecule has 23 heavy (non-hydrogen) atoms. The fourth-order valence-corrected chi connectivity index (χ4v) is 3.32. The molecule has 0 radical (unpaired) electrons. The molecule has 3 heterocycles. The minimum absolute atomic E-state index is 0.175. The molecular formula is C17H17ClN4O. The van der Waals surface area contributed by atoms with E-state index in [-0.39, 0.29) is 5.91 Å². The highest BCUT2D eigenvalue weighted by molar-refractivity contribution is 6.31. The van der Waals surface area contributed by atoms with Gasteiger partial charge in [-0.1, -0.05) is 17.7 Å². The number of aromatic amines is 1. The zero-order chi connectivity index (χ0) is 15.8. The van der Waals surface area contributed by atoms with Gasteiger partial charge in [0.05, 0.1) is 24.3 Å². The number of carbonyl (C=O) groups is 1. The van der Waals surface area contributed by atoms with Crippen LogP contribution in [0.1, 0.15) is 17.8 Å². The molecule has 0 unspecified atom stereocenters. The molecule has 5 nitrogen and oxygen atoms in total. The largest absolute Gasteiger partial charge is 0.347 e. The maximum atomic E-state index is 12.5. The minimum Gasteiger partial charge on any atom is -0.347 e. The molecule has 4 rings (SSSR count). The van der Waals surface area contributed by atoms with Crippen LogP contribution in [-0.4, -0.2) is 31.9 Å². The molecule has 2 aromatic heterocycles. The molecule has 6 heteroatoms. The second kappa shape index (κ2) is 5.74. The second-order valence-electron chi connectivity index (χ2n) is 5.86. The summed E-state index contributed by atoms with van der Waals surface area (Å²) in [6.45, 7) is 2.04. The Kier molecular flexibility index (Phi) is 3.58. The topological polar surface area (TPSA) is 53.9 Å². The number of fused-ring (bicyclic) bond motifs is 2. The molecule has 1 aliphatic heterocycles. The van der Waals surface area contributed by atoms with Gasteiger partial charge in [-0.2, -0.15) is 0 Å². The number of nitrogens with zero attached hydrogens (tertiary/aromatic N) is 3. The van der Waals surface area contributed by atoms with Gasteiger partial charge in [-0.05, 0) is 23.6 Å². The van der Waals surface area contributed by atoms with Gasteiger partial charge >= 0.3 is 0 Å².